The number of benzene rings is 1. The van der Waals surface area contributed by atoms with Crippen LogP contribution in [0.1, 0.15) is 5.56 Å². The third kappa shape index (κ3) is 3.30. The van der Waals surface area contributed by atoms with Crippen molar-refractivity contribution in [2.45, 2.75) is 0 Å². The number of nitrogen functional groups attached to an aromatic ring is 1. The summed E-state index contributed by atoms with van der Waals surface area (Å²) < 4.78 is 6.51. The molecule has 0 radical (unpaired) electrons. The minimum Gasteiger partial charge on any atom is -0.497 e. The summed E-state index contributed by atoms with van der Waals surface area (Å²) >= 11 is 0. The van der Waals surface area contributed by atoms with E-state index in [1.165, 1.54) is 10.9 Å². The third-order valence-electron chi connectivity index (χ3n) is 2.79. The number of ether oxygens (including phenoxy) is 1. The summed E-state index contributed by atoms with van der Waals surface area (Å²) in [6.07, 6.45) is 1.42. The summed E-state index contributed by atoms with van der Waals surface area (Å²) in [6.45, 7) is 0. The van der Waals surface area contributed by atoms with Gasteiger partial charge in [0, 0.05) is 18.8 Å². The largest absolute Gasteiger partial charge is 0.497 e. The SMILES string of the molecule is COc1cccc(NC(=O)Nc2c(C(=N)N)cnn2C)c1. The number of carbonyl (C=O) groups is 1. The highest BCUT2D eigenvalue weighted by Crippen LogP contribution is 2.18. The topological polar surface area (TPSA) is 118 Å². The molecule has 8 nitrogen and oxygen atoms in total. The maximum Gasteiger partial charge on any atom is 0.324 e. The van der Waals surface area contributed by atoms with Crippen LogP contribution in [0, 0.1) is 5.41 Å². The number of nitrogens with zero attached hydrogens (tertiary/aromatic N) is 2. The minimum atomic E-state index is -0.464. The van der Waals surface area contributed by atoms with Gasteiger partial charge in [-0.3, -0.25) is 15.4 Å². The van der Waals surface area contributed by atoms with Gasteiger partial charge in [-0.05, 0) is 12.1 Å². The van der Waals surface area contributed by atoms with Gasteiger partial charge in [-0.1, -0.05) is 6.07 Å². The fourth-order valence-electron chi connectivity index (χ4n) is 1.75. The normalized spacial score (nSPS) is 10.0. The molecular weight excluding hydrogens is 272 g/mol. The standard InChI is InChI=1S/C13H16N6O2/c1-19-12(10(7-16-19)11(14)15)18-13(20)17-8-4-3-5-9(6-8)21-2/h3-7H,1-2H3,(H3,14,15)(H2,17,18,20). The summed E-state index contributed by atoms with van der Waals surface area (Å²) in [5, 5.41) is 16.7. The first-order valence-corrected chi connectivity index (χ1v) is 6.09. The Morgan fingerprint density at radius 1 is 1.43 bits per heavy atom. The van der Waals surface area contributed by atoms with Crippen molar-refractivity contribution in [2.24, 2.45) is 12.8 Å². The molecule has 1 aromatic carbocycles. The predicted octanol–water partition coefficient (Wildman–Crippen LogP) is 1.36. The number of hydrogen-bond donors (Lipinski definition) is 4. The minimum absolute atomic E-state index is 0.167. The molecule has 0 spiro atoms. The Balaban J connectivity index is 2.11. The van der Waals surface area contributed by atoms with E-state index < -0.39 is 6.03 Å². The summed E-state index contributed by atoms with van der Waals surface area (Å²) in [7, 11) is 3.20. The lowest BCUT2D eigenvalue weighted by Gasteiger charge is -2.10. The molecule has 5 N–H and O–H groups in total. The van der Waals surface area contributed by atoms with Crippen LogP contribution in [0.25, 0.3) is 0 Å². The van der Waals surface area contributed by atoms with E-state index in [4.69, 9.17) is 15.9 Å². The first kappa shape index (κ1) is 14.4. The number of aromatic nitrogens is 2. The Morgan fingerprint density at radius 3 is 2.86 bits per heavy atom. The average molecular weight is 288 g/mol. The average Bonchev–Trinajstić information content (AvgIpc) is 2.80. The number of aryl methyl sites for hydroxylation is 1. The number of anilines is 2. The number of amidine groups is 1. The van der Waals surface area contributed by atoms with E-state index in [0.717, 1.165) is 0 Å². The Kier molecular flexibility index (Phi) is 4.07. The first-order chi connectivity index (χ1) is 10.0. The van der Waals surface area contributed by atoms with Gasteiger partial charge in [0.25, 0.3) is 0 Å². The van der Waals surface area contributed by atoms with Crippen LogP contribution >= 0.6 is 0 Å². The zero-order chi connectivity index (χ0) is 15.4. The molecule has 0 aliphatic rings. The van der Waals surface area contributed by atoms with Crippen molar-refractivity contribution >= 4 is 23.4 Å². The molecule has 0 fully saturated rings. The molecule has 0 unspecified atom stereocenters. The molecule has 2 rings (SSSR count). The molecule has 1 heterocycles. The molecule has 0 bridgehead atoms. The van der Waals surface area contributed by atoms with Gasteiger partial charge >= 0.3 is 6.03 Å². The molecule has 1 aromatic heterocycles. The number of nitrogens with two attached hydrogens (primary N) is 1. The molecule has 0 saturated heterocycles. The fraction of sp³-hybridized carbons (Fsp3) is 0.154. The van der Waals surface area contributed by atoms with Crippen LogP contribution in [0.4, 0.5) is 16.3 Å². The lowest BCUT2D eigenvalue weighted by atomic mass is 10.3. The van der Waals surface area contributed by atoms with Crippen LogP contribution in [0.5, 0.6) is 5.75 Å². The van der Waals surface area contributed by atoms with E-state index in [1.807, 2.05) is 0 Å². The third-order valence-corrected chi connectivity index (χ3v) is 2.79. The monoisotopic (exact) mass is 288 g/mol. The number of hydrogen-bond acceptors (Lipinski definition) is 4. The van der Waals surface area contributed by atoms with Crippen molar-refractivity contribution in [3.8, 4) is 5.75 Å². The van der Waals surface area contributed by atoms with E-state index in [0.29, 0.717) is 22.8 Å². The summed E-state index contributed by atoms with van der Waals surface area (Å²) in [6, 6.07) is 6.50. The summed E-state index contributed by atoms with van der Waals surface area (Å²) in [5.74, 6) is 0.820. The molecule has 2 aromatic rings. The van der Waals surface area contributed by atoms with Gasteiger partial charge in [0.15, 0.2) is 0 Å². The van der Waals surface area contributed by atoms with E-state index in [2.05, 4.69) is 15.7 Å². The summed E-state index contributed by atoms with van der Waals surface area (Å²) in [4.78, 5) is 12.0. The second kappa shape index (κ2) is 5.95. The molecule has 0 saturated carbocycles. The van der Waals surface area contributed by atoms with Crippen LogP contribution in [0.2, 0.25) is 0 Å². The Morgan fingerprint density at radius 2 is 2.19 bits per heavy atom. The zero-order valence-corrected chi connectivity index (χ0v) is 11.7. The maximum absolute atomic E-state index is 12.0. The number of nitrogens with one attached hydrogen (secondary N) is 3. The van der Waals surface area contributed by atoms with Crippen molar-refractivity contribution in [2.75, 3.05) is 17.7 Å². The Hall–Kier alpha value is -3.03. The van der Waals surface area contributed by atoms with Crippen LogP contribution < -0.4 is 21.1 Å². The van der Waals surface area contributed by atoms with Crippen molar-refractivity contribution in [3.63, 3.8) is 0 Å². The van der Waals surface area contributed by atoms with Gasteiger partial charge in [0.05, 0.1) is 18.9 Å². The van der Waals surface area contributed by atoms with E-state index in [9.17, 15) is 4.79 Å². The smallest absolute Gasteiger partial charge is 0.324 e. The number of urea groups is 1. The maximum atomic E-state index is 12.0. The highest BCUT2D eigenvalue weighted by molar-refractivity contribution is 6.05. The van der Waals surface area contributed by atoms with Crippen LogP contribution in [0.3, 0.4) is 0 Å². The second-order valence-electron chi connectivity index (χ2n) is 4.26. The van der Waals surface area contributed by atoms with Gasteiger partial charge in [-0.15, -0.1) is 0 Å². The van der Waals surface area contributed by atoms with Gasteiger partial charge in [0.2, 0.25) is 0 Å². The van der Waals surface area contributed by atoms with E-state index in [1.54, 1.807) is 38.4 Å². The van der Waals surface area contributed by atoms with E-state index >= 15 is 0 Å². The molecule has 2 amide bonds. The van der Waals surface area contributed by atoms with Crippen LogP contribution in [-0.4, -0.2) is 28.8 Å². The van der Waals surface area contributed by atoms with Gasteiger partial charge < -0.3 is 15.8 Å². The first-order valence-electron chi connectivity index (χ1n) is 6.09. The lowest BCUT2D eigenvalue weighted by molar-refractivity contribution is 0.262. The summed E-state index contributed by atoms with van der Waals surface area (Å²) in [5.41, 5.74) is 6.38. The number of carbonyl (C=O) groups excluding carboxylic acids is 1. The molecule has 110 valence electrons. The molecule has 0 aliphatic heterocycles. The molecule has 0 aliphatic carbocycles. The van der Waals surface area contributed by atoms with Gasteiger partial charge in [-0.25, -0.2) is 4.79 Å². The molecule has 0 atom stereocenters. The van der Waals surface area contributed by atoms with Crippen molar-refractivity contribution in [1.29, 1.82) is 5.41 Å². The highest BCUT2D eigenvalue weighted by atomic mass is 16.5. The lowest BCUT2D eigenvalue weighted by Crippen LogP contribution is -2.23. The van der Waals surface area contributed by atoms with Crippen LogP contribution in [-0.2, 0) is 7.05 Å². The molecular formula is C13H16N6O2. The zero-order valence-electron chi connectivity index (χ0n) is 11.7. The number of amides is 2. The van der Waals surface area contributed by atoms with Gasteiger partial charge in [0.1, 0.15) is 17.4 Å². The molecule has 21 heavy (non-hydrogen) atoms. The van der Waals surface area contributed by atoms with Crippen LogP contribution in [0.15, 0.2) is 30.5 Å². The highest BCUT2D eigenvalue weighted by Gasteiger charge is 2.14. The number of methoxy groups -OCH3 is 1. The Labute approximate surface area is 121 Å². The van der Waals surface area contributed by atoms with E-state index in [-0.39, 0.29) is 5.84 Å². The van der Waals surface area contributed by atoms with Gasteiger partial charge in [-0.2, -0.15) is 5.10 Å². The van der Waals surface area contributed by atoms with Crippen molar-refractivity contribution < 1.29 is 9.53 Å². The quantitative estimate of drug-likeness (QED) is 0.501. The predicted molar refractivity (Wildman–Crippen MR) is 79.9 cm³/mol. The Bertz CT molecular complexity index is 679. The van der Waals surface area contributed by atoms with Crippen molar-refractivity contribution in [1.82, 2.24) is 9.78 Å². The molecule has 8 heteroatoms. The second-order valence-corrected chi connectivity index (χ2v) is 4.26. The number of rotatable bonds is 4. The fourth-order valence-corrected chi connectivity index (χ4v) is 1.75. The van der Waals surface area contributed by atoms with Crippen molar-refractivity contribution in [3.05, 3.63) is 36.0 Å².